The largest absolute Gasteiger partial charge is 0.356 e. The summed E-state index contributed by atoms with van der Waals surface area (Å²) in [6.45, 7) is 3.95. The van der Waals surface area contributed by atoms with E-state index in [9.17, 15) is 9.59 Å². The van der Waals surface area contributed by atoms with E-state index in [1.165, 1.54) is 4.40 Å². The number of amides is 1. The van der Waals surface area contributed by atoms with Gasteiger partial charge >= 0.3 is 5.69 Å². The second-order valence-electron chi connectivity index (χ2n) is 7.12. The lowest BCUT2D eigenvalue weighted by Gasteiger charge is -2.30. The van der Waals surface area contributed by atoms with E-state index in [2.05, 4.69) is 27.2 Å². The number of hydrogen-bond acceptors (Lipinski definition) is 5. The van der Waals surface area contributed by atoms with Crippen molar-refractivity contribution < 1.29 is 4.79 Å². The van der Waals surface area contributed by atoms with Crippen molar-refractivity contribution in [2.45, 2.75) is 26.3 Å². The van der Waals surface area contributed by atoms with Crippen LogP contribution < -0.4 is 15.9 Å². The number of carbonyl (C=O) groups excluding carboxylic acids is 1. The van der Waals surface area contributed by atoms with Gasteiger partial charge in [0.25, 0.3) is 5.78 Å². The molecule has 1 aliphatic rings. The number of piperidine rings is 1. The van der Waals surface area contributed by atoms with Crippen molar-refractivity contribution in [2.24, 2.45) is 5.92 Å². The summed E-state index contributed by atoms with van der Waals surface area (Å²) >= 11 is 5.84. The Bertz CT molecular complexity index is 1050. The summed E-state index contributed by atoms with van der Waals surface area (Å²) < 4.78 is 2.47. The molecule has 1 fully saturated rings. The Morgan fingerprint density at radius 2 is 1.93 bits per heavy atom. The molecule has 0 spiro atoms. The lowest BCUT2D eigenvalue weighted by molar-refractivity contribution is -0.117. The first-order chi connectivity index (χ1) is 13.5. The maximum Gasteiger partial charge on any atom is 0.352 e. The lowest BCUT2D eigenvalue weighted by Crippen LogP contribution is -2.33. The van der Waals surface area contributed by atoms with E-state index < -0.39 is 5.69 Å². The molecule has 3 aromatic rings. The molecule has 3 heterocycles. The molecular weight excluding hydrogens is 380 g/mol. The average Bonchev–Trinajstić information content (AvgIpc) is 2.99. The number of fused-ring (bicyclic) bond motifs is 1. The first kappa shape index (κ1) is 18.5. The van der Waals surface area contributed by atoms with Crippen LogP contribution in [0.25, 0.3) is 5.78 Å². The number of benzene rings is 1. The van der Waals surface area contributed by atoms with Crippen molar-refractivity contribution >= 4 is 34.8 Å². The van der Waals surface area contributed by atoms with E-state index in [1.54, 1.807) is 30.5 Å². The number of rotatable bonds is 4. The highest BCUT2D eigenvalue weighted by Crippen LogP contribution is 2.21. The molecule has 2 aromatic heterocycles. The second-order valence-corrected chi connectivity index (χ2v) is 7.56. The number of anilines is 2. The van der Waals surface area contributed by atoms with Crippen molar-refractivity contribution in [1.82, 2.24) is 19.2 Å². The zero-order valence-electron chi connectivity index (χ0n) is 15.5. The predicted octanol–water partition coefficient (Wildman–Crippen LogP) is 2.42. The third-order valence-corrected chi connectivity index (χ3v) is 5.22. The van der Waals surface area contributed by atoms with Gasteiger partial charge in [-0.15, -0.1) is 5.10 Å². The Hall–Kier alpha value is -2.87. The fraction of sp³-hybridized carbons (Fsp3) is 0.368. The van der Waals surface area contributed by atoms with Crippen LogP contribution in [0.5, 0.6) is 0 Å². The van der Waals surface area contributed by atoms with Gasteiger partial charge in [-0.25, -0.2) is 13.9 Å². The van der Waals surface area contributed by atoms with Gasteiger partial charge in [0.05, 0.1) is 0 Å². The summed E-state index contributed by atoms with van der Waals surface area (Å²) in [7, 11) is 0. The molecule has 1 aliphatic heterocycles. The van der Waals surface area contributed by atoms with Gasteiger partial charge in [0, 0.05) is 30.0 Å². The van der Waals surface area contributed by atoms with Crippen molar-refractivity contribution in [2.75, 3.05) is 23.3 Å². The highest BCUT2D eigenvalue weighted by molar-refractivity contribution is 6.30. The number of carbonyl (C=O) groups is 1. The summed E-state index contributed by atoms with van der Waals surface area (Å²) in [5.74, 6) is 1.47. The molecule has 0 saturated carbocycles. The van der Waals surface area contributed by atoms with Gasteiger partial charge in [-0.2, -0.15) is 4.98 Å². The molecule has 9 heteroatoms. The molecule has 1 N–H and O–H groups in total. The van der Waals surface area contributed by atoms with E-state index in [1.807, 2.05) is 6.07 Å². The van der Waals surface area contributed by atoms with Crippen molar-refractivity contribution in [3.63, 3.8) is 0 Å². The van der Waals surface area contributed by atoms with E-state index in [0.717, 1.165) is 42.3 Å². The maximum atomic E-state index is 12.5. The zero-order chi connectivity index (χ0) is 19.7. The molecule has 8 nitrogen and oxygen atoms in total. The molecule has 146 valence electrons. The number of halogens is 1. The monoisotopic (exact) mass is 400 g/mol. The van der Waals surface area contributed by atoms with Crippen molar-refractivity contribution in [3.8, 4) is 0 Å². The van der Waals surface area contributed by atoms with Crippen LogP contribution in [0.1, 0.15) is 19.8 Å². The third kappa shape index (κ3) is 3.87. The first-order valence-electron chi connectivity index (χ1n) is 9.26. The molecule has 0 atom stereocenters. The quantitative estimate of drug-likeness (QED) is 0.727. The van der Waals surface area contributed by atoms with Crippen molar-refractivity contribution in [3.05, 3.63) is 52.0 Å². The average molecular weight is 401 g/mol. The van der Waals surface area contributed by atoms with E-state index in [-0.39, 0.29) is 12.5 Å². The van der Waals surface area contributed by atoms with E-state index >= 15 is 0 Å². The van der Waals surface area contributed by atoms with Gasteiger partial charge in [-0.1, -0.05) is 18.5 Å². The van der Waals surface area contributed by atoms with Crippen molar-refractivity contribution in [1.29, 1.82) is 0 Å². The highest BCUT2D eigenvalue weighted by atomic mass is 35.5. The van der Waals surface area contributed by atoms with E-state index in [0.29, 0.717) is 16.5 Å². The van der Waals surface area contributed by atoms with Crippen LogP contribution in [0, 0.1) is 5.92 Å². The van der Waals surface area contributed by atoms with Crippen LogP contribution in [0.3, 0.4) is 0 Å². The summed E-state index contributed by atoms with van der Waals surface area (Å²) in [6.07, 6.45) is 3.91. The fourth-order valence-corrected chi connectivity index (χ4v) is 3.41. The Balaban J connectivity index is 1.51. The third-order valence-electron chi connectivity index (χ3n) is 4.97. The maximum absolute atomic E-state index is 12.5. The molecule has 0 radical (unpaired) electrons. The Kier molecular flexibility index (Phi) is 5.04. The first-order valence-corrected chi connectivity index (χ1v) is 9.64. The number of nitrogens with zero attached hydrogens (tertiary/aromatic N) is 5. The minimum atomic E-state index is -0.396. The fourth-order valence-electron chi connectivity index (χ4n) is 3.28. The van der Waals surface area contributed by atoms with Crippen LogP contribution in [0.4, 0.5) is 11.5 Å². The normalized spacial score (nSPS) is 15.1. The minimum absolute atomic E-state index is 0.193. The summed E-state index contributed by atoms with van der Waals surface area (Å²) in [5.41, 5.74) is 0.207. The second kappa shape index (κ2) is 7.63. The Morgan fingerprint density at radius 3 is 2.64 bits per heavy atom. The predicted molar refractivity (Wildman–Crippen MR) is 108 cm³/mol. The summed E-state index contributed by atoms with van der Waals surface area (Å²) in [6, 6.07) is 8.58. The van der Waals surface area contributed by atoms with Crippen LogP contribution in [-0.4, -0.2) is 38.2 Å². The topological polar surface area (TPSA) is 84.5 Å². The highest BCUT2D eigenvalue weighted by Gasteiger charge is 2.18. The van der Waals surface area contributed by atoms with Gasteiger partial charge < -0.3 is 10.2 Å². The van der Waals surface area contributed by atoms with Crippen LogP contribution >= 0.6 is 11.6 Å². The van der Waals surface area contributed by atoms with Gasteiger partial charge in [0.2, 0.25) is 5.91 Å². The molecule has 1 amide bonds. The van der Waals surface area contributed by atoms with Gasteiger partial charge in [-0.05, 0) is 49.1 Å². The minimum Gasteiger partial charge on any atom is -0.356 e. The SMILES string of the molecule is CC1CCN(c2ccn3c(=O)n(CC(=O)Nc4ccc(Cl)cc4)nc3n2)CC1. The van der Waals surface area contributed by atoms with Gasteiger partial charge in [0.1, 0.15) is 12.4 Å². The van der Waals surface area contributed by atoms with Gasteiger partial charge in [0.15, 0.2) is 0 Å². The van der Waals surface area contributed by atoms with Gasteiger partial charge in [-0.3, -0.25) is 4.79 Å². The number of hydrogen-bond donors (Lipinski definition) is 1. The standard InChI is InChI=1S/C19H21ClN6O2/c1-13-6-9-24(10-7-13)16-8-11-25-18(22-16)23-26(19(25)28)12-17(27)21-15-4-2-14(20)3-5-15/h2-5,8,11,13H,6-7,9-10,12H2,1H3,(H,21,27). The van der Waals surface area contributed by atoms with Crippen LogP contribution in [-0.2, 0) is 11.3 Å². The van der Waals surface area contributed by atoms with Crippen LogP contribution in [0.2, 0.25) is 5.02 Å². The molecule has 0 aliphatic carbocycles. The molecule has 1 aromatic carbocycles. The lowest BCUT2D eigenvalue weighted by atomic mass is 9.99. The zero-order valence-corrected chi connectivity index (χ0v) is 16.3. The molecular formula is C19H21ClN6O2. The Labute approximate surface area is 166 Å². The number of nitrogens with one attached hydrogen (secondary N) is 1. The molecule has 4 rings (SSSR count). The van der Waals surface area contributed by atoms with Crippen LogP contribution in [0.15, 0.2) is 41.3 Å². The summed E-state index contributed by atoms with van der Waals surface area (Å²) in [5, 5.41) is 7.53. The molecule has 0 bridgehead atoms. The summed E-state index contributed by atoms with van der Waals surface area (Å²) in [4.78, 5) is 31.5. The number of aromatic nitrogens is 4. The smallest absolute Gasteiger partial charge is 0.352 e. The molecule has 1 saturated heterocycles. The Morgan fingerprint density at radius 1 is 1.21 bits per heavy atom. The molecule has 0 unspecified atom stereocenters. The molecule has 28 heavy (non-hydrogen) atoms. The van der Waals surface area contributed by atoms with E-state index in [4.69, 9.17) is 11.6 Å².